The molecule has 0 saturated carbocycles. The van der Waals surface area contributed by atoms with Crippen LogP contribution in [0.2, 0.25) is 0 Å². The minimum absolute atomic E-state index is 0.0237. The Morgan fingerprint density at radius 2 is 0.539 bits per heavy atom. The Labute approximate surface area is 476 Å². The van der Waals surface area contributed by atoms with E-state index < -0.39 is 12.1 Å². The molecule has 3 N–H and O–H groups in total. The number of unbranched alkanes of at least 4 members (excludes halogenated alkanes) is 56. The van der Waals surface area contributed by atoms with Crippen LogP contribution in [-0.2, 0) is 14.3 Å². The Kier molecular flexibility index (Phi) is 65.4. The molecule has 0 aliphatic carbocycles. The van der Waals surface area contributed by atoms with Gasteiger partial charge in [-0.1, -0.05) is 373 Å². The summed E-state index contributed by atoms with van der Waals surface area (Å²) in [5.41, 5.74) is 0. The topological polar surface area (TPSA) is 95.9 Å². The van der Waals surface area contributed by atoms with Crippen molar-refractivity contribution in [3.8, 4) is 0 Å². The minimum atomic E-state index is -0.661. The van der Waals surface area contributed by atoms with E-state index in [1.165, 1.54) is 340 Å². The van der Waals surface area contributed by atoms with Crippen molar-refractivity contribution in [3.05, 3.63) is 0 Å². The summed E-state index contributed by atoms with van der Waals surface area (Å²) in [5.74, 6) is -0.00513. The molecule has 0 heterocycles. The molecule has 0 fully saturated rings. The average molecular weight is 1070 g/mol. The molecule has 0 spiro atoms. The van der Waals surface area contributed by atoms with Gasteiger partial charge in [0.25, 0.3) is 0 Å². The number of hydrogen-bond donors (Lipinski definition) is 3. The molecule has 0 aromatic rings. The minimum Gasteiger partial charge on any atom is -0.466 e. The molecule has 6 heteroatoms. The van der Waals surface area contributed by atoms with E-state index >= 15 is 0 Å². The monoisotopic (exact) mass is 1070 g/mol. The van der Waals surface area contributed by atoms with Gasteiger partial charge in [-0.05, 0) is 25.7 Å². The molecule has 6 nitrogen and oxygen atoms in total. The number of aliphatic hydroxyl groups is 2. The van der Waals surface area contributed by atoms with Crippen LogP contribution in [0.1, 0.15) is 412 Å². The van der Waals surface area contributed by atoms with Crippen molar-refractivity contribution >= 4 is 11.9 Å². The Morgan fingerprint density at radius 3 is 0.803 bits per heavy atom. The number of carbonyl (C=O) groups excluding carboxylic acids is 2. The van der Waals surface area contributed by atoms with Gasteiger partial charge in [0.2, 0.25) is 5.91 Å². The molecule has 0 bridgehead atoms. The lowest BCUT2D eigenvalue weighted by atomic mass is 10.0. The second kappa shape index (κ2) is 66.4. The summed E-state index contributed by atoms with van der Waals surface area (Å²) in [6.45, 7) is 5.00. The van der Waals surface area contributed by atoms with E-state index in [4.69, 9.17) is 4.74 Å². The summed E-state index contributed by atoms with van der Waals surface area (Å²) in [7, 11) is 0. The number of ether oxygens (including phenoxy) is 1. The van der Waals surface area contributed by atoms with Crippen molar-refractivity contribution in [2.45, 2.75) is 424 Å². The first-order valence-electron chi connectivity index (χ1n) is 35.3. The Morgan fingerprint density at radius 1 is 0.316 bits per heavy atom. The average Bonchev–Trinajstić information content (AvgIpc) is 3.42. The number of carbonyl (C=O) groups is 2. The number of amides is 1. The second-order valence-electron chi connectivity index (χ2n) is 24.6. The van der Waals surface area contributed by atoms with Crippen LogP contribution in [0.5, 0.6) is 0 Å². The van der Waals surface area contributed by atoms with E-state index in [0.29, 0.717) is 25.9 Å². The van der Waals surface area contributed by atoms with Crippen molar-refractivity contribution in [2.75, 3.05) is 13.2 Å². The molecule has 0 aliphatic heterocycles. The Hall–Kier alpha value is -1.14. The molecule has 0 aromatic carbocycles. The highest BCUT2D eigenvalue weighted by molar-refractivity contribution is 5.76. The van der Waals surface area contributed by atoms with Crippen LogP contribution in [0.4, 0.5) is 0 Å². The molecular formula is C70H139NO5. The fraction of sp³-hybridized carbons (Fsp3) is 0.971. The van der Waals surface area contributed by atoms with Gasteiger partial charge in [-0.25, -0.2) is 0 Å². The van der Waals surface area contributed by atoms with E-state index in [1.54, 1.807) is 0 Å². The van der Waals surface area contributed by atoms with Gasteiger partial charge in [0.15, 0.2) is 0 Å². The van der Waals surface area contributed by atoms with E-state index in [9.17, 15) is 19.8 Å². The van der Waals surface area contributed by atoms with E-state index in [0.717, 1.165) is 38.5 Å². The zero-order chi connectivity index (χ0) is 55.0. The van der Waals surface area contributed by atoms with Crippen molar-refractivity contribution in [1.29, 1.82) is 0 Å². The van der Waals surface area contributed by atoms with Gasteiger partial charge in [-0.15, -0.1) is 0 Å². The fourth-order valence-electron chi connectivity index (χ4n) is 11.5. The zero-order valence-electron chi connectivity index (χ0n) is 52.0. The van der Waals surface area contributed by atoms with Gasteiger partial charge in [-0.3, -0.25) is 9.59 Å². The first-order chi connectivity index (χ1) is 37.5. The van der Waals surface area contributed by atoms with Crippen LogP contribution in [0.3, 0.4) is 0 Å². The van der Waals surface area contributed by atoms with Gasteiger partial charge in [0.05, 0.1) is 25.4 Å². The van der Waals surface area contributed by atoms with Crippen LogP contribution in [0.15, 0.2) is 0 Å². The van der Waals surface area contributed by atoms with E-state index in [-0.39, 0.29) is 18.5 Å². The standard InChI is InChI=1S/C70H139NO5/c1-3-5-7-9-11-13-15-17-19-20-33-36-40-44-48-52-56-60-64-70(75)76-65-61-57-53-49-45-41-37-34-31-29-27-25-23-21-22-24-26-28-30-32-35-39-43-47-51-55-59-63-69(74)71-67(66-72)68(73)62-58-54-50-46-42-38-18-16-14-12-10-8-6-4-2/h67-68,72-73H,3-66H2,1-2H3,(H,71,74). The molecule has 2 unspecified atom stereocenters. The maximum absolute atomic E-state index is 12.5. The number of aliphatic hydroxyl groups excluding tert-OH is 2. The largest absolute Gasteiger partial charge is 0.466 e. The maximum Gasteiger partial charge on any atom is 0.305 e. The third kappa shape index (κ3) is 62.1. The summed E-state index contributed by atoms with van der Waals surface area (Å²) < 4.78 is 5.51. The highest BCUT2D eigenvalue weighted by atomic mass is 16.5. The predicted octanol–water partition coefficient (Wildman–Crippen LogP) is 22.6. The zero-order valence-corrected chi connectivity index (χ0v) is 52.0. The van der Waals surface area contributed by atoms with Gasteiger partial charge in [0.1, 0.15) is 0 Å². The van der Waals surface area contributed by atoms with Gasteiger partial charge in [-0.2, -0.15) is 0 Å². The molecule has 0 radical (unpaired) electrons. The molecule has 454 valence electrons. The summed E-state index contributed by atoms with van der Waals surface area (Å²) >= 11 is 0. The quantitative estimate of drug-likeness (QED) is 0.0417. The van der Waals surface area contributed by atoms with Crippen LogP contribution in [0.25, 0.3) is 0 Å². The summed E-state index contributed by atoms with van der Waals surface area (Å²) in [6, 6.07) is -0.538. The first-order valence-corrected chi connectivity index (χ1v) is 35.3. The number of esters is 1. The van der Waals surface area contributed by atoms with E-state index in [2.05, 4.69) is 19.2 Å². The lowest BCUT2D eigenvalue weighted by Gasteiger charge is -2.22. The first kappa shape index (κ1) is 74.9. The summed E-state index contributed by atoms with van der Waals surface area (Å²) in [5, 5.41) is 23.3. The third-order valence-corrected chi connectivity index (χ3v) is 16.9. The molecular weight excluding hydrogens is 935 g/mol. The number of nitrogens with one attached hydrogen (secondary N) is 1. The van der Waals surface area contributed by atoms with Crippen molar-refractivity contribution in [2.24, 2.45) is 0 Å². The second-order valence-corrected chi connectivity index (χ2v) is 24.6. The lowest BCUT2D eigenvalue weighted by molar-refractivity contribution is -0.143. The highest BCUT2D eigenvalue weighted by Crippen LogP contribution is 2.20. The normalized spacial score (nSPS) is 12.4. The molecule has 1 amide bonds. The Balaban J connectivity index is 3.31. The van der Waals surface area contributed by atoms with Crippen molar-refractivity contribution in [3.63, 3.8) is 0 Å². The molecule has 0 saturated heterocycles. The fourth-order valence-corrected chi connectivity index (χ4v) is 11.5. The van der Waals surface area contributed by atoms with Crippen LogP contribution < -0.4 is 5.32 Å². The Bertz CT molecular complexity index is 1100. The molecule has 2 atom stereocenters. The van der Waals surface area contributed by atoms with Gasteiger partial charge >= 0.3 is 5.97 Å². The van der Waals surface area contributed by atoms with Crippen LogP contribution in [0, 0.1) is 0 Å². The third-order valence-electron chi connectivity index (χ3n) is 16.9. The van der Waals surface area contributed by atoms with Crippen molar-refractivity contribution < 1.29 is 24.5 Å². The SMILES string of the molecule is CCCCCCCCCCCCCCCCCCCCC(=O)OCCCCCCCCCCCCCCCCCCCCCCCCCCCCCC(=O)NC(CO)C(O)CCCCCCCCCCCCCCCC. The molecule has 76 heavy (non-hydrogen) atoms. The van der Waals surface area contributed by atoms with Crippen LogP contribution >= 0.6 is 0 Å². The highest BCUT2D eigenvalue weighted by Gasteiger charge is 2.20. The molecule has 0 aliphatic rings. The molecule has 0 rings (SSSR count). The van der Waals surface area contributed by atoms with Gasteiger partial charge < -0.3 is 20.3 Å². The number of rotatable bonds is 67. The van der Waals surface area contributed by atoms with E-state index in [1.807, 2.05) is 0 Å². The number of hydrogen-bond acceptors (Lipinski definition) is 5. The smallest absolute Gasteiger partial charge is 0.305 e. The summed E-state index contributed by atoms with van der Waals surface area (Å²) in [4.78, 5) is 24.6. The van der Waals surface area contributed by atoms with Gasteiger partial charge in [0, 0.05) is 12.8 Å². The predicted molar refractivity (Wildman–Crippen MR) is 334 cm³/mol. The van der Waals surface area contributed by atoms with Crippen molar-refractivity contribution in [1.82, 2.24) is 5.32 Å². The summed E-state index contributed by atoms with van der Waals surface area (Å²) in [6.07, 6.45) is 80.1. The lowest BCUT2D eigenvalue weighted by Crippen LogP contribution is -2.45. The maximum atomic E-state index is 12.5. The van der Waals surface area contributed by atoms with Crippen LogP contribution in [-0.4, -0.2) is 47.4 Å². The molecule has 0 aromatic heterocycles.